The summed E-state index contributed by atoms with van der Waals surface area (Å²) in [6, 6.07) is 1.90. The van der Waals surface area contributed by atoms with E-state index in [2.05, 4.69) is 9.84 Å². The van der Waals surface area contributed by atoms with Crippen molar-refractivity contribution in [3.8, 4) is 0 Å². The number of methoxy groups -OCH3 is 1. The van der Waals surface area contributed by atoms with E-state index in [0.717, 1.165) is 10.7 Å². The van der Waals surface area contributed by atoms with Gasteiger partial charge in [-0.1, -0.05) is 0 Å². The third-order valence-electron chi connectivity index (χ3n) is 2.09. The van der Waals surface area contributed by atoms with Crippen LogP contribution in [0.3, 0.4) is 0 Å². The number of aryl methyl sites for hydroxylation is 2. The Labute approximate surface area is 98.8 Å². The second kappa shape index (κ2) is 4.88. The molecule has 90 valence electrons. The number of carbonyl (C=O) groups excluding carboxylic acids is 1. The van der Waals surface area contributed by atoms with E-state index in [0.29, 0.717) is 0 Å². The Morgan fingerprint density at radius 1 is 1.75 bits per heavy atom. The number of esters is 1. The number of hydrogen-bond acceptors (Lipinski definition) is 5. The summed E-state index contributed by atoms with van der Waals surface area (Å²) in [5.41, 5.74) is -0.569. The van der Waals surface area contributed by atoms with Gasteiger partial charge in [-0.2, -0.15) is 5.10 Å². The third-order valence-corrected chi connectivity index (χ3v) is 3.47. The Balaban J connectivity index is 2.64. The summed E-state index contributed by atoms with van der Waals surface area (Å²) in [4.78, 5) is 11.2. The van der Waals surface area contributed by atoms with Gasteiger partial charge in [0.15, 0.2) is 5.60 Å². The molecule has 5 nitrogen and oxygen atoms in total. The first-order chi connectivity index (χ1) is 7.36. The van der Waals surface area contributed by atoms with E-state index in [1.54, 1.807) is 4.68 Å². The zero-order valence-corrected chi connectivity index (χ0v) is 10.7. The molecule has 0 bridgehead atoms. The van der Waals surface area contributed by atoms with Gasteiger partial charge in [0.2, 0.25) is 0 Å². The van der Waals surface area contributed by atoms with Gasteiger partial charge >= 0.3 is 5.97 Å². The minimum Gasteiger partial charge on any atom is -0.467 e. The maximum absolute atomic E-state index is 11.2. The van der Waals surface area contributed by atoms with Gasteiger partial charge in [-0.05, 0) is 19.9 Å². The summed E-state index contributed by atoms with van der Waals surface area (Å²) in [5.74, 6) is -0.391. The van der Waals surface area contributed by atoms with Crippen LogP contribution in [0.5, 0.6) is 0 Å². The molecule has 16 heavy (non-hydrogen) atoms. The molecule has 0 fully saturated rings. The summed E-state index contributed by atoms with van der Waals surface area (Å²) < 4.78 is 6.23. The minimum absolute atomic E-state index is 0.235. The molecular weight excluding hydrogens is 228 g/mol. The van der Waals surface area contributed by atoms with Crippen molar-refractivity contribution in [1.29, 1.82) is 0 Å². The number of rotatable bonds is 4. The van der Waals surface area contributed by atoms with Crippen molar-refractivity contribution in [2.75, 3.05) is 12.9 Å². The van der Waals surface area contributed by atoms with Crippen LogP contribution in [0.4, 0.5) is 0 Å². The molecule has 1 aromatic rings. The van der Waals surface area contributed by atoms with Crippen LogP contribution in [-0.2, 0) is 16.6 Å². The Hall–Kier alpha value is -1.01. The van der Waals surface area contributed by atoms with Crippen molar-refractivity contribution in [2.45, 2.75) is 24.5 Å². The lowest BCUT2D eigenvalue weighted by Crippen LogP contribution is -2.38. The topological polar surface area (TPSA) is 64.3 Å². The number of carbonyl (C=O) groups is 1. The molecular formula is C10H16N2O3S. The Kier molecular flexibility index (Phi) is 3.98. The van der Waals surface area contributed by atoms with Crippen molar-refractivity contribution in [3.63, 3.8) is 0 Å². The normalized spacial score (nSPS) is 14.6. The first kappa shape index (κ1) is 13.1. The molecule has 0 aliphatic carbocycles. The van der Waals surface area contributed by atoms with Crippen LogP contribution in [0.15, 0.2) is 11.1 Å². The molecule has 0 saturated heterocycles. The number of thioether (sulfide) groups is 1. The molecule has 1 N–H and O–H groups in total. The standard InChI is InChI=1S/C10H16N2O3S/c1-7-5-8(12(3)11-7)16-6-10(2,14)9(13)15-4/h5,14H,6H2,1-4H3. The van der Waals surface area contributed by atoms with E-state index >= 15 is 0 Å². The van der Waals surface area contributed by atoms with Gasteiger partial charge < -0.3 is 9.84 Å². The minimum atomic E-state index is -1.47. The second-order valence-electron chi connectivity index (χ2n) is 3.80. The lowest BCUT2D eigenvalue weighted by Gasteiger charge is -2.19. The molecule has 0 aliphatic rings. The monoisotopic (exact) mass is 244 g/mol. The highest BCUT2D eigenvalue weighted by Crippen LogP contribution is 2.23. The van der Waals surface area contributed by atoms with Crippen molar-refractivity contribution >= 4 is 17.7 Å². The molecule has 1 unspecified atom stereocenters. The van der Waals surface area contributed by atoms with E-state index in [1.165, 1.54) is 25.8 Å². The fraction of sp³-hybridized carbons (Fsp3) is 0.600. The van der Waals surface area contributed by atoms with Gasteiger partial charge in [0.25, 0.3) is 0 Å². The summed E-state index contributed by atoms with van der Waals surface area (Å²) >= 11 is 1.37. The molecule has 0 aromatic carbocycles. The molecule has 1 atom stereocenters. The van der Waals surface area contributed by atoms with Gasteiger partial charge in [0.05, 0.1) is 17.8 Å². The van der Waals surface area contributed by atoms with Crippen LogP contribution in [-0.4, -0.2) is 39.3 Å². The lowest BCUT2D eigenvalue weighted by atomic mass is 10.1. The van der Waals surface area contributed by atoms with Crippen molar-refractivity contribution in [3.05, 3.63) is 11.8 Å². The van der Waals surface area contributed by atoms with Crippen LogP contribution in [0.1, 0.15) is 12.6 Å². The summed E-state index contributed by atoms with van der Waals surface area (Å²) in [5, 5.41) is 14.9. The van der Waals surface area contributed by atoms with E-state index in [9.17, 15) is 9.90 Å². The molecule has 0 saturated carbocycles. The highest BCUT2D eigenvalue weighted by atomic mass is 32.2. The first-order valence-electron chi connectivity index (χ1n) is 4.81. The van der Waals surface area contributed by atoms with E-state index < -0.39 is 11.6 Å². The quantitative estimate of drug-likeness (QED) is 0.625. The number of ether oxygens (including phenoxy) is 1. The number of aromatic nitrogens is 2. The fourth-order valence-electron chi connectivity index (χ4n) is 1.22. The first-order valence-corrected chi connectivity index (χ1v) is 5.79. The van der Waals surface area contributed by atoms with Gasteiger partial charge in [0, 0.05) is 12.8 Å². The SMILES string of the molecule is COC(=O)C(C)(O)CSc1cc(C)nn1C. The van der Waals surface area contributed by atoms with Gasteiger partial charge in [0.1, 0.15) is 0 Å². The fourth-order valence-corrected chi connectivity index (χ4v) is 2.24. The lowest BCUT2D eigenvalue weighted by molar-refractivity contribution is -0.158. The van der Waals surface area contributed by atoms with Crippen molar-refractivity contribution in [2.24, 2.45) is 7.05 Å². The van der Waals surface area contributed by atoms with Crippen LogP contribution in [0.2, 0.25) is 0 Å². The molecule has 1 aromatic heterocycles. The molecule has 6 heteroatoms. The average molecular weight is 244 g/mol. The van der Waals surface area contributed by atoms with Crippen LogP contribution < -0.4 is 0 Å². The smallest absolute Gasteiger partial charge is 0.338 e. The Morgan fingerprint density at radius 3 is 2.81 bits per heavy atom. The van der Waals surface area contributed by atoms with E-state index in [-0.39, 0.29) is 5.75 Å². The molecule has 0 amide bonds. The zero-order chi connectivity index (χ0) is 12.3. The van der Waals surface area contributed by atoms with Crippen molar-refractivity contribution in [1.82, 2.24) is 9.78 Å². The zero-order valence-electron chi connectivity index (χ0n) is 9.85. The third kappa shape index (κ3) is 2.99. The average Bonchev–Trinajstić information content (AvgIpc) is 2.53. The maximum Gasteiger partial charge on any atom is 0.338 e. The number of aliphatic hydroxyl groups is 1. The maximum atomic E-state index is 11.2. The van der Waals surface area contributed by atoms with Crippen LogP contribution >= 0.6 is 11.8 Å². The number of nitrogens with zero attached hydrogens (tertiary/aromatic N) is 2. The largest absolute Gasteiger partial charge is 0.467 e. The Bertz CT molecular complexity index is 387. The van der Waals surface area contributed by atoms with Gasteiger partial charge in [-0.15, -0.1) is 11.8 Å². The molecule has 0 spiro atoms. The molecule has 0 radical (unpaired) electrons. The summed E-state index contributed by atoms with van der Waals surface area (Å²) in [6.45, 7) is 3.33. The predicted octanol–water partition coefficient (Wildman–Crippen LogP) is 0.745. The number of hydrogen-bond donors (Lipinski definition) is 1. The molecule has 1 heterocycles. The predicted molar refractivity (Wildman–Crippen MR) is 61.3 cm³/mol. The van der Waals surface area contributed by atoms with E-state index in [4.69, 9.17) is 0 Å². The summed E-state index contributed by atoms with van der Waals surface area (Å²) in [6.07, 6.45) is 0. The second-order valence-corrected chi connectivity index (χ2v) is 4.80. The van der Waals surface area contributed by atoms with Crippen molar-refractivity contribution < 1.29 is 14.6 Å². The molecule has 0 aliphatic heterocycles. The van der Waals surface area contributed by atoms with Gasteiger partial charge in [-0.3, -0.25) is 4.68 Å². The highest BCUT2D eigenvalue weighted by molar-refractivity contribution is 7.99. The van der Waals surface area contributed by atoms with Gasteiger partial charge in [-0.25, -0.2) is 4.79 Å². The van der Waals surface area contributed by atoms with Crippen LogP contribution in [0.25, 0.3) is 0 Å². The summed E-state index contributed by atoms with van der Waals surface area (Å²) in [7, 11) is 3.08. The highest BCUT2D eigenvalue weighted by Gasteiger charge is 2.31. The molecule has 1 rings (SSSR count). The van der Waals surface area contributed by atoms with E-state index in [1.807, 2.05) is 20.0 Å². The Morgan fingerprint density at radius 2 is 2.38 bits per heavy atom. The van der Waals surface area contributed by atoms with Crippen LogP contribution in [0, 0.1) is 6.92 Å².